The fraction of sp³-hybridized carbons (Fsp3) is 0.625. The highest BCUT2D eigenvalue weighted by Gasteiger charge is 2.39. The summed E-state index contributed by atoms with van der Waals surface area (Å²) in [6.07, 6.45) is 5.88. The SMILES string of the molecule is CN(CC1CC2CCC1C2)c1cc(Br)ccc1CN. The van der Waals surface area contributed by atoms with Crippen molar-refractivity contribution in [3.05, 3.63) is 28.2 Å². The second-order valence-corrected chi connectivity index (χ2v) is 7.21. The molecule has 2 N–H and O–H groups in total. The number of halogens is 1. The number of hydrogen-bond acceptors (Lipinski definition) is 2. The van der Waals surface area contributed by atoms with Crippen molar-refractivity contribution >= 4 is 21.6 Å². The number of nitrogens with zero attached hydrogens (tertiary/aromatic N) is 1. The topological polar surface area (TPSA) is 29.3 Å². The number of fused-ring (bicyclic) bond motifs is 2. The summed E-state index contributed by atoms with van der Waals surface area (Å²) in [5.41, 5.74) is 8.40. The third-order valence-electron chi connectivity index (χ3n) is 5.07. The highest BCUT2D eigenvalue weighted by atomic mass is 79.9. The van der Waals surface area contributed by atoms with Crippen molar-refractivity contribution < 1.29 is 0 Å². The minimum absolute atomic E-state index is 0.615. The molecule has 2 fully saturated rings. The van der Waals surface area contributed by atoms with Gasteiger partial charge in [0.05, 0.1) is 0 Å². The van der Waals surface area contributed by atoms with Gasteiger partial charge in [-0.2, -0.15) is 0 Å². The molecule has 0 amide bonds. The molecular formula is C16H23BrN2. The van der Waals surface area contributed by atoms with E-state index < -0.39 is 0 Å². The van der Waals surface area contributed by atoms with Gasteiger partial charge in [-0.1, -0.05) is 28.4 Å². The third-order valence-corrected chi connectivity index (χ3v) is 5.56. The molecule has 2 bridgehead atoms. The molecule has 2 aliphatic rings. The van der Waals surface area contributed by atoms with Crippen molar-refractivity contribution in [3.8, 4) is 0 Å². The van der Waals surface area contributed by atoms with E-state index in [4.69, 9.17) is 5.73 Å². The predicted molar refractivity (Wildman–Crippen MR) is 84.2 cm³/mol. The van der Waals surface area contributed by atoms with Crippen LogP contribution in [0.25, 0.3) is 0 Å². The minimum Gasteiger partial charge on any atom is -0.374 e. The molecule has 3 atom stereocenters. The van der Waals surface area contributed by atoms with E-state index >= 15 is 0 Å². The van der Waals surface area contributed by atoms with Gasteiger partial charge in [0.25, 0.3) is 0 Å². The summed E-state index contributed by atoms with van der Waals surface area (Å²) < 4.78 is 1.14. The predicted octanol–water partition coefficient (Wildman–Crippen LogP) is 3.78. The van der Waals surface area contributed by atoms with Gasteiger partial charge in [0.1, 0.15) is 0 Å². The lowest BCUT2D eigenvalue weighted by atomic mass is 9.88. The molecular weight excluding hydrogens is 300 g/mol. The molecule has 1 aromatic carbocycles. The summed E-state index contributed by atoms with van der Waals surface area (Å²) in [5, 5.41) is 0. The lowest BCUT2D eigenvalue weighted by molar-refractivity contribution is 0.337. The number of hydrogen-bond donors (Lipinski definition) is 1. The Morgan fingerprint density at radius 1 is 1.32 bits per heavy atom. The molecule has 104 valence electrons. The molecule has 0 aromatic heterocycles. The Morgan fingerprint density at radius 2 is 2.16 bits per heavy atom. The minimum atomic E-state index is 0.615. The van der Waals surface area contributed by atoms with Gasteiger partial charge >= 0.3 is 0 Å². The maximum absolute atomic E-state index is 5.87. The van der Waals surface area contributed by atoms with Crippen LogP contribution in [0.2, 0.25) is 0 Å². The summed E-state index contributed by atoms with van der Waals surface area (Å²) in [7, 11) is 2.22. The quantitative estimate of drug-likeness (QED) is 0.914. The molecule has 0 heterocycles. The van der Waals surface area contributed by atoms with Crippen LogP contribution in [0.15, 0.2) is 22.7 Å². The van der Waals surface area contributed by atoms with Crippen LogP contribution in [0.4, 0.5) is 5.69 Å². The van der Waals surface area contributed by atoms with E-state index in [1.807, 2.05) is 0 Å². The maximum atomic E-state index is 5.87. The van der Waals surface area contributed by atoms with Crippen molar-refractivity contribution in [2.45, 2.75) is 32.2 Å². The van der Waals surface area contributed by atoms with Gasteiger partial charge in [0, 0.05) is 30.3 Å². The lowest BCUT2D eigenvalue weighted by Crippen LogP contribution is -2.29. The van der Waals surface area contributed by atoms with Crippen LogP contribution in [0, 0.1) is 17.8 Å². The van der Waals surface area contributed by atoms with Crippen molar-refractivity contribution in [1.29, 1.82) is 0 Å². The van der Waals surface area contributed by atoms with Gasteiger partial charge in [-0.25, -0.2) is 0 Å². The molecule has 0 spiro atoms. The molecule has 3 rings (SSSR count). The number of rotatable bonds is 4. The fourth-order valence-corrected chi connectivity index (χ4v) is 4.46. The van der Waals surface area contributed by atoms with Crippen molar-refractivity contribution in [2.24, 2.45) is 23.5 Å². The van der Waals surface area contributed by atoms with Gasteiger partial charge in [-0.3, -0.25) is 0 Å². The molecule has 0 radical (unpaired) electrons. The largest absolute Gasteiger partial charge is 0.374 e. The van der Waals surface area contributed by atoms with E-state index in [0.717, 1.165) is 22.2 Å². The molecule has 2 saturated carbocycles. The van der Waals surface area contributed by atoms with E-state index in [-0.39, 0.29) is 0 Å². The molecule has 3 heteroatoms. The molecule has 19 heavy (non-hydrogen) atoms. The van der Waals surface area contributed by atoms with Crippen LogP contribution in [-0.4, -0.2) is 13.6 Å². The average molecular weight is 323 g/mol. The molecule has 2 aliphatic carbocycles. The summed E-state index contributed by atoms with van der Waals surface area (Å²) in [6, 6.07) is 6.42. The Kier molecular flexibility index (Phi) is 3.86. The van der Waals surface area contributed by atoms with Crippen LogP contribution in [0.5, 0.6) is 0 Å². The first-order valence-electron chi connectivity index (χ1n) is 7.37. The standard InChI is InChI=1S/C16H23BrN2/c1-19(10-14-7-11-2-3-12(14)6-11)16-8-15(17)5-4-13(16)9-18/h4-5,8,11-12,14H,2-3,6-7,9-10,18H2,1H3. The summed E-state index contributed by atoms with van der Waals surface area (Å²) in [6.45, 7) is 1.80. The average Bonchev–Trinajstić information content (AvgIpc) is 3.01. The number of benzene rings is 1. The van der Waals surface area contributed by atoms with Crippen molar-refractivity contribution in [2.75, 3.05) is 18.5 Å². The van der Waals surface area contributed by atoms with Gasteiger partial charge in [-0.05, 0) is 54.7 Å². The summed E-state index contributed by atoms with van der Waals surface area (Å²) in [5.74, 6) is 2.91. The Labute approximate surface area is 124 Å². The van der Waals surface area contributed by atoms with E-state index in [1.54, 1.807) is 0 Å². The highest BCUT2D eigenvalue weighted by Crippen LogP contribution is 2.48. The Bertz CT molecular complexity index is 460. The Balaban J connectivity index is 1.73. The zero-order chi connectivity index (χ0) is 13.4. The second kappa shape index (κ2) is 5.45. The van der Waals surface area contributed by atoms with Gasteiger partial charge in [-0.15, -0.1) is 0 Å². The van der Waals surface area contributed by atoms with E-state index in [2.05, 4.69) is 46.1 Å². The fourth-order valence-electron chi connectivity index (χ4n) is 4.12. The van der Waals surface area contributed by atoms with Crippen LogP contribution >= 0.6 is 15.9 Å². The van der Waals surface area contributed by atoms with Crippen LogP contribution in [-0.2, 0) is 6.54 Å². The molecule has 2 nitrogen and oxygen atoms in total. The van der Waals surface area contributed by atoms with E-state index in [9.17, 15) is 0 Å². The maximum Gasteiger partial charge on any atom is 0.0420 e. The molecule has 0 aliphatic heterocycles. The first kappa shape index (κ1) is 13.4. The van der Waals surface area contributed by atoms with Crippen molar-refractivity contribution in [3.63, 3.8) is 0 Å². The van der Waals surface area contributed by atoms with E-state index in [0.29, 0.717) is 6.54 Å². The first-order valence-corrected chi connectivity index (χ1v) is 8.16. The lowest BCUT2D eigenvalue weighted by Gasteiger charge is -2.30. The summed E-state index contributed by atoms with van der Waals surface area (Å²) >= 11 is 3.57. The zero-order valence-electron chi connectivity index (χ0n) is 11.6. The van der Waals surface area contributed by atoms with Crippen molar-refractivity contribution in [1.82, 2.24) is 0 Å². The van der Waals surface area contributed by atoms with Gasteiger partial charge < -0.3 is 10.6 Å². The van der Waals surface area contributed by atoms with Crippen LogP contribution in [0.3, 0.4) is 0 Å². The second-order valence-electron chi connectivity index (χ2n) is 6.29. The Morgan fingerprint density at radius 3 is 2.79 bits per heavy atom. The van der Waals surface area contributed by atoms with Gasteiger partial charge in [0.2, 0.25) is 0 Å². The van der Waals surface area contributed by atoms with Crippen LogP contribution < -0.4 is 10.6 Å². The smallest absolute Gasteiger partial charge is 0.0420 e. The zero-order valence-corrected chi connectivity index (χ0v) is 13.2. The summed E-state index contributed by atoms with van der Waals surface area (Å²) in [4.78, 5) is 2.42. The molecule has 0 saturated heterocycles. The van der Waals surface area contributed by atoms with Gasteiger partial charge in [0.15, 0.2) is 0 Å². The van der Waals surface area contributed by atoms with Crippen LogP contribution in [0.1, 0.15) is 31.2 Å². The third kappa shape index (κ3) is 2.68. The highest BCUT2D eigenvalue weighted by molar-refractivity contribution is 9.10. The first-order chi connectivity index (χ1) is 9.17. The molecule has 1 aromatic rings. The Hall–Kier alpha value is -0.540. The number of anilines is 1. The monoisotopic (exact) mass is 322 g/mol. The number of nitrogens with two attached hydrogens (primary N) is 1. The van der Waals surface area contributed by atoms with E-state index in [1.165, 1.54) is 43.5 Å². The molecule has 3 unspecified atom stereocenters. The normalized spacial score (nSPS) is 28.9.